The first kappa shape index (κ1) is 22.7. The Hall–Kier alpha value is -2.36. The molecule has 0 aliphatic rings. The number of ether oxygens (including phenoxy) is 2. The molecule has 27 heavy (non-hydrogen) atoms. The molecule has 2 aromatic rings. The molecule has 0 atom stereocenters. The van der Waals surface area contributed by atoms with Crippen LogP contribution >= 0.6 is 23.7 Å². The van der Waals surface area contributed by atoms with Crippen LogP contribution in [0.3, 0.4) is 0 Å². The molecular weight excluding hydrogens is 392 g/mol. The van der Waals surface area contributed by atoms with Crippen LogP contribution in [-0.4, -0.2) is 37.1 Å². The molecule has 0 unspecified atom stereocenters. The van der Waals surface area contributed by atoms with Crippen molar-refractivity contribution in [2.75, 3.05) is 20.3 Å². The number of carbonyl (C=O) groups is 2. The molecule has 2 rings (SSSR count). The number of methoxy groups -OCH3 is 1. The average Bonchev–Trinajstić information content (AvgIpc) is 3.14. The number of likely N-dealkylation sites (N-methyl/N-ethyl adjacent to an activating group) is 1. The number of nitrogens with zero attached hydrogens (tertiary/aromatic N) is 1. The van der Waals surface area contributed by atoms with E-state index in [9.17, 15) is 9.59 Å². The van der Waals surface area contributed by atoms with E-state index in [2.05, 4.69) is 15.6 Å². The molecule has 1 aromatic heterocycles. The van der Waals surface area contributed by atoms with E-state index in [1.807, 2.05) is 6.92 Å². The van der Waals surface area contributed by atoms with Crippen molar-refractivity contribution in [3.8, 4) is 11.5 Å². The zero-order chi connectivity index (χ0) is 18.9. The van der Waals surface area contributed by atoms with Crippen molar-refractivity contribution < 1.29 is 19.1 Å². The molecule has 2 amide bonds. The Bertz CT molecular complexity index is 769. The Morgan fingerprint density at radius 3 is 2.67 bits per heavy atom. The van der Waals surface area contributed by atoms with E-state index >= 15 is 0 Å². The summed E-state index contributed by atoms with van der Waals surface area (Å²) in [5, 5.41) is 7.84. The molecule has 4 N–H and O–H groups in total. The van der Waals surface area contributed by atoms with Crippen molar-refractivity contribution >= 4 is 35.6 Å². The van der Waals surface area contributed by atoms with Crippen molar-refractivity contribution in [2.24, 2.45) is 5.73 Å². The highest BCUT2D eigenvalue weighted by atomic mass is 35.5. The SMILES string of the molecule is CCNC(=O)COc1ccc(CNC(=O)c2csc(CN)n2)cc1OC.Cl. The first-order valence-electron chi connectivity index (χ1n) is 8.06. The third-order valence-electron chi connectivity index (χ3n) is 3.37. The molecule has 10 heteroatoms. The number of nitrogens with two attached hydrogens (primary N) is 1. The Kier molecular flexibility index (Phi) is 9.55. The van der Waals surface area contributed by atoms with Crippen LogP contribution in [0.1, 0.15) is 28.0 Å². The van der Waals surface area contributed by atoms with Gasteiger partial charge in [-0.2, -0.15) is 0 Å². The summed E-state index contributed by atoms with van der Waals surface area (Å²) in [6, 6.07) is 5.25. The first-order chi connectivity index (χ1) is 12.6. The lowest BCUT2D eigenvalue weighted by Gasteiger charge is -2.12. The lowest BCUT2D eigenvalue weighted by molar-refractivity contribution is -0.123. The number of aromatic nitrogens is 1. The Morgan fingerprint density at radius 1 is 1.26 bits per heavy atom. The fraction of sp³-hybridized carbons (Fsp3) is 0.353. The summed E-state index contributed by atoms with van der Waals surface area (Å²) in [5.74, 6) is 0.475. The van der Waals surface area contributed by atoms with Gasteiger partial charge in [-0.1, -0.05) is 6.07 Å². The average molecular weight is 415 g/mol. The van der Waals surface area contributed by atoms with Gasteiger partial charge in [0.05, 0.1) is 7.11 Å². The minimum Gasteiger partial charge on any atom is -0.493 e. The maximum atomic E-state index is 12.1. The molecule has 0 fully saturated rings. The molecule has 148 valence electrons. The van der Waals surface area contributed by atoms with E-state index < -0.39 is 0 Å². The standard InChI is InChI=1S/C17H22N4O4S.ClH/c1-3-19-15(22)9-25-13-5-4-11(6-14(13)24-2)8-20-17(23)12-10-26-16(7-18)21-12;/h4-6,10H,3,7-9,18H2,1-2H3,(H,19,22)(H,20,23);1H. The van der Waals surface area contributed by atoms with Gasteiger partial charge in [-0.15, -0.1) is 23.7 Å². The molecule has 0 saturated carbocycles. The fourth-order valence-electron chi connectivity index (χ4n) is 2.11. The van der Waals surface area contributed by atoms with Gasteiger partial charge in [0, 0.05) is 25.0 Å². The first-order valence-corrected chi connectivity index (χ1v) is 8.94. The fourth-order valence-corrected chi connectivity index (χ4v) is 2.77. The number of nitrogens with one attached hydrogen (secondary N) is 2. The van der Waals surface area contributed by atoms with Crippen LogP contribution in [0.2, 0.25) is 0 Å². The molecular formula is C17H23ClN4O4S. The summed E-state index contributed by atoms with van der Waals surface area (Å²) in [4.78, 5) is 27.7. The molecule has 8 nitrogen and oxygen atoms in total. The van der Waals surface area contributed by atoms with Crippen LogP contribution in [-0.2, 0) is 17.9 Å². The smallest absolute Gasteiger partial charge is 0.271 e. The molecule has 0 bridgehead atoms. The number of halogens is 1. The zero-order valence-corrected chi connectivity index (χ0v) is 16.7. The molecule has 0 saturated heterocycles. The molecule has 0 aliphatic carbocycles. The van der Waals surface area contributed by atoms with Crippen LogP contribution in [0.4, 0.5) is 0 Å². The third kappa shape index (κ3) is 6.70. The highest BCUT2D eigenvalue weighted by molar-refractivity contribution is 7.09. The van der Waals surface area contributed by atoms with E-state index in [4.69, 9.17) is 15.2 Å². The Labute approximate surface area is 167 Å². The van der Waals surface area contributed by atoms with Gasteiger partial charge < -0.3 is 25.8 Å². The zero-order valence-electron chi connectivity index (χ0n) is 15.1. The Balaban J connectivity index is 0.00000364. The molecule has 1 heterocycles. The summed E-state index contributed by atoms with van der Waals surface area (Å²) in [7, 11) is 1.51. The summed E-state index contributed by atoms with van der Waals surface area (Å²) in [6.45, 7) is 2.91. The molecule has 1 aromatic carbocycles. The van der Waals surface area contributed by atoms with Gasteiger partial charge in [0.1, 0.15) is 10.7 Å². The lowest BCUT2D eigenvalue weighted by Crippen LogP contribution is -2.28. The lowest BCUT2D eigenvalue weighted by atomic mass is 10.2. The van der Waals surface area contributed by atoms with Crippen molar-refractivity contribution in [1.29, 1.82) is 0 Å². The van der Waals surface area contributed by atoms with Crippen LogP contribution in [0, 0.1) is 0 Å². The largest absolute Gasteiger partial charge is 0.493 e. The quantitative estimate of drug-likeness (QED) is 0.572. The summed E-state index contributed by atoms with van der Waals surface area (Å²) in [5.41, 5.74) is 6.68. The van der Waals surface area contributed by atoms with Crippen LogP contribution in [0.5, 0.6) is 11.5 Å². The van der Waals surface area contributed by atoms with Crippen LogP contribution in [0.25, 0.3) is 0 Å². The highest BCUT2D eigenvalue weighted by Gasteiger charge is 2.12. The Morgan fingerprint density at radius 2 is 2.04 bits per heavy atom. The number of hydrogen-bond donors (Lipinski definition) is 3. The van der Waals surface area contributed by atoms with Crippen molar-refractivity contribution in [3.63, 3.8) is 0 Å². The number of benzene rings is 1. The highest BCUT2D eigenvalue weighted by Crippen LogP contribution is 2.28. The van der Waals surface area contributed by atoms with Gasteiger partial charge in [-0.25, -0.2) is 4.98 Å². The van der Waals surface area contributed by atoms with Crippen molar-refractivity contribution in [1.82, 2.24) is 15.6 Å². The number of amides is 2. The molecule has 0 aliphatic heterocycles. The summed E-state index contributed by atoms with van der Waals surface area (Å²) >= 11 is 1.35. The van der Waals surface area contributed by atoms with E-state index in [0.29, 0.717) is 41.8 Å². The predicted octanol–water partition coefficient (Wildman–Crippen LogP) is 1.48. The second-order valence-electron chi connectivity index (χ2n) is 5.24. The molecule has 0 radical (unpaired) electrons. The number of rotatable bonds is 9. The third-order valence-corrected chi connectivity index (χ3v) is 4.24. The van der Waals surface area contributed by atoms with E-state index in [1.54, 1.807) is 23.6 Å². The van der Waals surface area contributed by atoms with Gasteiger partial charge in [-0.3, -0.25) is 9.59 Å². The van der Waals surface area contributed by atoms with E-state index in [0.717, 1.165) is 5.56 Å². The normalized spacial score (nSPS) is 9.89. The number of thiazole rings is 1. The second kappa shape index (κ2) is 11.4. The van der Waals surface area contributed by atoms with Gasteiger partial charge in [-0.05, 0) is 24.6 Å². The number of hydrogen-bond acceptors (Lipinski definition) is 7. The van der Waals surface area contributed by atoms with Crippen LogP contribution in [0.15, 0.2) is 23.6 Å². The van der Waals surface area contributed by atoms with Gasteiger partial charge in [0.25, 0.3) is 11.8 Å². The summed E-state index contributed by atoms with van der Waals surface area (Å²) in [6.07, 6.45) is 0. The van der Waals surface area contributed by atoms with Gasteiger partial charge in [0.2, 0.25) is 0 Å². The molecule has 0 spiro atoms. The maximum Gasteiger partial charge on any atom is 0.271 e. The monoisotopic (exact) mass is 414 g/mol. The van der Waals surface area contributed by atoms with E-state index in [-0.39, 0.29) is 30.8 Å². The maximum absolute atomic E-state index is 12.1. The predicted molar refractivity (Wildman–Crippen MR) is 106 cm³/mol. The summed E-state index contributed by atoms with van der Waals surface area (Å²) < 4.78 is 10.8. The van der Waals surface area contributed by atoms with Crippen LogP contribution < -0.4 is 25.8 Å². The minimum absolute atomic E-state index is 0. The van der Waals surface area contributed by atoms with Crippen molar-refractivity contribution in [2.45, 2.75) is 20.0 Å². The topological polar surface area (TPSA) is 116 Å². The van der Waals surface area contributed by atoms with Crippen molar-refractivity contribution in [3.05, 3.63) is 39.8 Å². The number of carbonyl (C=O) groups excluding carboxylic acids is 2. The van der Waals surface area contributed by atoms with Gasteiger partial charge >= 0.3 is 0 Å². The van der Waals surface area contributed by atoms with E-state index in [1.165, 1.54) is 18.4 Å². The minimum atomic E-state index is -0.267. The second-order valence-corrected chi connectivity index (χ2v) is 6.18. The van der Waals surface area contributed by atoms with Gasteiger partial charge in [0.15, 0.2) is 18.1 Å².